The number of hydrogen-bond acceptors (Lipinski definition) is 7. The van der Waals surface area contributed by atoms with Gasteiger partial charge in [0.05, 0.1) is 31.0 Å². The number of hydrogen-bond donors (Lipinski definition) is 1. The Morgan fingerprint density at radius 3 is 2.74 bits per heavy atom. The van der Waals surface area contributed by atoms with E-state index in [2.05, 4.69) is 18.9 Å². The van der Waals surface area contributed by atoms with Gasteiger partial charge in [0.15, 0.2) is 0 Å². The first-order valence-electron chi connectivity index (χ1n) is 11.6. The summed E-state index contributed by atoms with van der Waals surface area (Å²) < 4.78 is 28.0. The largest absolute Gasteiger partial charge is 0.491 e. The molecule has 1 fully saturated rings. The first kappa shape index (κ1) is 29.5. The van der Waals surface area contributed by atoms with Gasteiger partial charge in [-0.25, -0.2) is 0 Å². The molecule has 1 aromatic carbocycles. The van der Waals surface area contributed by atoms with Gasteiger partial charge in [-0.1, -0.05) is 29.8 Å². The molecule has 0 amide bonds. The van der Waals surface area contributed by atoms with Crippen LogP contribution in [0.1, 0.15) is 46.0 Å². The van der Waals surface area contributed by atoms with E-state index in [-0.39, 0.29) is 49.5 Å². The minimum absolute atomic E-state index is 0.0876. The van der Waals surface area contributed by atoms with Crippen LogP contribution in [0.2, 0.25) is 5.02 Å². The number of ether oxygens (including phenoxy) is 3. The summed E-state index contributed by atoms with van der Waals surface area (Å²) in [6, 6.07) is 7.17. The van der Waals surface area contributed by atoms with E-state index in [0.29, 0.717) is 30.0 Å². The molecule has 192 valence electrons. The molecule has 7 nitrogen and oxygen atoms in total. The number of carbonyl (C=O) groups is 1. The molecule has 0 heterocycles. The highest BCUT2D eigenvalue weighted by molar-refractivity contribution is 7.10. The Labute approximate surface area is 212 Å². The van der Waals surface area contributed by atoms with E-state index in [4.69, 9.17) is 34.9 Å². The lowest BCUT2D eigenvalue weighted by molar-refractivity contribution is -0.147. The van der Waals surface area contributed by atoms with Crippen LogP contribution in [0.15, 0.2) is 36.4 Å². The van der Waals surface area contributed by atoms with Gasteiger partial charge in [0.25, 0.3) is 0 Å². The normalized spacial score (nSPS) is 23.5. The number of rotatable bonds is 15. The predicted molar refractivity (Wildman–Crippen MR) is 139 cm³/mol. The number of carbonyl (C=O) groups excluding carboxylic acids is 1. The average Bonchev–Trinajstić information content (AvgIpc) is 3.10. The molecule has 0 bridgehead atoms. The Morgan fingerprint density at radius 1 is 1.26 bits per heavy atom. The van der Waals surface area contributed by atoms with Crippen molar-refractivity contribution in [3.63, 3.8) is 0 Å². The van der Waals surface area contributed by atoms with E-state index in [9.17, 15) is 9.90 Å². The number of unbranched alkanes of at least 4 members (excludes halogenated alkanes) is 1. The molecule has 1 N–H and O–H groups in total. The summed E-state index contributed by atoms with van der Waals surface area (Å²) in [5.74, 6) is 0.378. The predicted octanol–water partition coefficient (Wildman–Crippen LogP) is 4.90. The maximum absolute atomic E-state index is 11.6. The molecule has 0 spiro atoms. The Kier molecular flexibility index (Phi) is 13.9. The molecule has 0 radical (unpaired) electrons. The van der Waals surface area contributed by atoms with Crippen LogP contribution in [0.3, 0.4) is 0 Å². The van der Waals surface area contributed by atoms with Gasteiger partial charge in [-0.05, 0) is 51.3 Å². The summed E-state index contributed by atoms with van der Waals surface area (Å²) in [5, 5.41) is 11.2. The lowest BCUT2D eigenvalue weighted by atomic mass is 9.98. The second-order valence-corrected chi connectivity index (χ2v) is 9.58. The Balaban J connectivity index is 1.81. The number of esters is 1. The van der Waals surface area contributed by atoms with E-state index in [1.165, 1.54) is 0 Å². The van der Waals surface area contributed by atoms with Crippen molar-refractivity contribution in [2.24, 2.45) is 5.92 Å². The van der Waals surface area contributed by atoms with Crippen molar-refractivity contribution >= 4 is 36.5 Å². The zero-order valence-corrected chi connectivity index (χ0v) is 22.9. The zero-order chi connectivity index (χ0) is 24.9. The van der Waals surface area contributed by atoms with E-state index >= 15 is 0 Å². The van der Waals surface area contributed by atoms with Crippen LogP contribution in [0.25, 0.3) is 0 Å². The fourth-order valence-electron chi connectivity index (χ4n) is 3.85. The summed E-state index contributed by atoms with van der Waals surface area (Å²) in [4.78, 5) is 11.6. The maximum atomic E-state index is 11.6. The quantitative estimate of drug-likeness (QED) is 0.148. The first-order valence-corrected chi connectivity index (χ1v) is 12.9. The van der Waals surface area contributed by atoms with E-state index < -0.39 is 6.10 Å². The molecule has 2 rings (SSSR count). The summed E-state index contributed by atoms with van der Waals surface area (Å²) in [5.41, 5.74) is 0. The van der Waals surface area contributed by atoms with Crippen LogP contribution in [0.5, 0.6) is 5.75 Å². The van der Waals surface area contributed by atoms with Crippen LogP contribution < -0.4 is 4.74 Å². The minimum atomic E-state index is -0.528. The SMILES string of the molecule is CC(C)OC(=O)CCC/C=C\C[C@H]1C(O)CC(OP)C1OCC(COc1cccc(Cl)c1)OP. The van der Waals surface area contributed by atoms with Crippen molar-refractivity contribution in [1.29, 1.82) is 0 Å². The van der Waals surface area contributed by atoms with Crippen molar-refractivity contribution in [1.82, 2.24) is 0 Å². The monoisotopic (exact) mass is 534 g/mol. The minimum Gasteiger partial charge on any atom is -0.491 e. The van der Waals surface area contributed by atoms with Crippen LogP contribution in [-0.4, -0.2) is 54.8 Å². The molecule has 0 saturated heterocycles. The highest BCUT2D eigenvalue weighted by atomic mass is 35.5. The van der Waals surface area contributed by atoms with Gasteiger partial charge in [-0.15, -0.1) is 0 Å². The lowest BCUT2D eigenvalue weighted by Crippen LogP contribution is -2.35. The second-order valence-electron chi connectivity index (χ2n) is 8.60. The van der Waals surface area contributed by atoms with Gasteiger partial charge in [0.2, 0.25) is 0 Å². The molecule has 0 aromatic heterocycles. The Morgan fingerprint density at radius 2 is 2.06 bits per heavy atom. The standard InChI is InChI=1S/C24H37ClO7P2/c1-16(2)30-23(27)11-6-4-3-5-10-20-21(26)13-22(32-34)24(20)29-15-19(31-33)14-28-18-9-7-8-17(25)12-18/h3,5,7-9,12,16,19-22,24,26H,4,6,10-11,13-15,33-34H2,1-2H3/b5-3-/t19?,20-,21?,22?,24?/m0/s1. The van der Waals surface area contributed by atoms with Crippen LogP contribution in [0.4, 0.5) is 0 Å². The van der Waals surface area contributed by atoms with Gasteiger partial charge in [0, 0.05) is 42.7 Å². The zero-order valence-electron chi connectivity index (χ0n) is 19.8. The van der Waals surface area contributed by atoms with Gasteiger partial charge in [-0.3, -0.25) is 4.79 Å². The molecule has 1 aromatic rings. The highest BCUT2D eigenvalue weighted by Crippen LogP contribution is 2.35. The number of aliphatic hydroxyl groups is 1. The molecular formula is C24H37ClO7P2. The van der Waals surface area contributed by atoms with E-state index in [1.54, 1.807) is 12.1 Å². The molecule has 10 heteroatoms. The number of benzene rings is 1. The molecule has 0 aliphatic heterocycles. The summed E-state index contributed by atoms with van der Waals surface area (Å²) in [7, 11) is 4.52. The smallest absolute Gasteiger partial charge is 0.306 e. The first-order chi connectivity index (χ1) is 16.3. The third-order valence-corrected chi connectivity index (χ3v) is 6.49. The molecule has 34 heavy (non-hydrogen) atoms. The summed E-state index contributed by atoms with van der Waals surface area (Å²) >= 11 is 6.00. The van der Waals surface area contributed by atoms with Crippen LogP contribution in [-0.2, 0) is 23.3 Å². The van der Waals surface area contributed by atoms with Crippen molar-refractivity contribution < 1.29 is 33.2 Å². The fraction of sp³-hybridized carbons (Fsp3) is 0.625. The van der Waals surface area contributed by atoms with E-state index in [0.717, 1.165) is 12.8 Å². The molecule has 1 aliphatic carbocycles. The van der Waals surface area contributed by atoms with Crippen molar-refractivity contribution in [2.45, 2.75) is 76.5 Å². The van der Waals surface area contributed by atoms with Gasteiger partial charge < -0.3 is 28.4 Å². The Bertz CT molecular complexity index is 765. The average molecular weight is 535 g/mol. The Hall–Kier alpha value is -0.780. The lowest BCUT2D eigenvalue weighted by Gasteiger charge is -2.26. The van der Waals surface area contributed by atoms with Crippen LogP contribution >= 0.6 is 30.5 Å². The van der Waals surface area contributed by atoms with Crippen molar-refractivity contribution in [3.8, 4) is 5.75 Å². The third kappa shape index (κ3) is 10.5. The summed E-state index contributed by atoms with van der Waals surface area (Å²) in [6.45, 7) is 4.25. The maximum Gasteiger partial charge on any atom is 0.306 e. The molecule has 1 aliphatic rings. The van der Waals surface area contributed by atoms with Crippen LogP contribution in [0, 0.1) is 5.92 Å². The molecule has 1 saturated carbocycles. The molecular weight excluding hydrogens is 498 g/mol. The second kappa shape index (κ2) is 16.1. The van der Waals surface area contributed by atoms with Gasteiger partial charge in [0.1, 0.15) is 18.5 Å². The number of aliphatic hydroxyl groups excluding tert-OH is 1. The number of allylic oxidation sites excluding steroid dienone is 2. The summed E-state index contributed by atoms with van der Waals surface area (Å²) in [6.07, 6.45) is 5.66. The highest BCUT2D eigenvalue weighted by Gasteiger charge is 2.43. The topological polar surface area (TPSA) is 83.5 Å². The molecule has 7 atom stereocenters. The van der Waals surface area contributed by atoms with Gasteiger partial charge >= 0.3 is 5.97 Å². The van der Waals surface area contributed by atoms with E-state index in [1.807, 2.05) is 38.1 Å². The number of halogens is 1. The third-order valence-electron chi connectivity index (χ3n) is 5.52. The van der Waals surface area contributed by atoms with Gasteiger partial charge in [-0.2, -0.15) is 0 Å². The van der Waals surface area contributed by atoms with Crippen molar-refractivity contribution in [3.05, 3.63) is 41.4 Å². The molecule has 6 unspecified atom stereocenters. The fourth-order valence-corrected chi connectivity index (χ4v) is 4.45. The van der Waals surface area contributed by atoms with Crippen molar-refractivity contribution in [2.75, 3.05) is 13.2 Å².